The van der Waals surface area contributed by atoms with E-state index >= 15 is 0 Å². The Balaban J connectivity index is 0.00000121. The van der Waals surface area contributed by atoms with Gasteiger partial charge in [-0.2, -0.15) is 0 Å². The first-order chi connectivity index (χ1) is 9.17. The maximum absolute atomic E-state index is 9.65. The van der Waals surface area contributed by atoms with Gasteiger partial charge in [0.1, 0.15) is 0 Å². The number of benzene rings is 1. The van der Waals surface area contributed by atoms with E-state index in [0.717, 1.165) is 6.42 Å². The Morgan fingerprint density at radius 2 is 2.00 bits per heavy atom. The fourth-order valence-corrected chi connectivity index (χ4v) is 4.57. The Bertz CT molecular complexity index is 575. The summed E-state index contributed by atoms with van der Waals surface area (Å²) in [5, 5.41) is 9.65. The van der Waals surface area contributed by atoms with E-state index in [0.29, 0.717) is 11.2 Å². The Labute approximate surface area is 154 Å². The molecule has 0 amide bonds. The van der Waals surface area contributed by atoms with Gasteiger partial charge in [-0.3, -0.25) is 0 Å². The van der Waals surface area contributed by atoms with Crippen molar-refractivity contribution in [2.75, 3.05) is 0 Å². The van der Waals surface area contributed by atoms with Crippen LogP contribution in [0.1, 0.15) is 56.6 Å². The number of aryl methyl sites for hydroxylation is 1. The van der Waals surface area contributed by atoms with Crippen LogP contribution in [0.3, 0.4) is 0 Å². The van der Waals surface area contributed by atoms with Crippen LogP contribution in [0.2, 0.25) is 0 Å². The summed E-state index contributed by atoms with van der Waals surface area (Å²) >= 11 is 0. The Kier molecular flexibility index (Phi) is 3.97. The number of fused-ring (bicyclic) bond motifs is 4. The van der Waals surface area contributed by atoms with Crippen molar-refractivity contribution >= 4 is 0 Å². The Morgan fingerprint density at radius 1 is 1.15 bits per heavy atom. The number of hydrogen-bond acceptors (Lipinski definition) is 1. The van der Waals surface area contributed by atoms with Crippen LogP contribution in [0.5, 0.6) is 5.75 Å². The summed E-state index contributed by atoms with van der Waals surface area (Å²) < 4.78 is 0. The maximum Gasteiger partial charge on any atom is 0.0971 e. The summed E-state index contributed by atoms with van der Waals surface area (Å²) in [6.45, 7) is 2.48. The minimum atomic E-state index is 0. The zero-order chi connectivity index (χ0) is 13.0. The number of phenolic OH excluding ortho intramolecular Hbond substituents is 1. The Morgan fingerprint density at radius 3 is 2.85 bits per heavy atom. The molecule has 0 aromatic heterocycles. The van der Waals surface area contributed by atoms with Crippen LogP contribution < -0.4 is 0 Å². The van der Waals surface area contributed by atoms with Gasteiger partial charge in [-0.25, -0.2) is 0 Å². The fourth-order valence-electron chi connectivity index (χ4n) is 4.57. The van der Waals surface area contributed by atoms with Gasteiger partial charge >= 0.3 is 0 Å². The standard InChI is InChI=1S/C18H21O.Pr/c1-18-9-2-3-17(18)16-6-4-12-11-13(19)5-7-14(12)15(16)8-10-18;/h5,7,11,19H,2-4,6,8-10H2,1H3;/q-1;. The predicted octanol–water partition coefficient (Wildman–Crippen LogP) is 4.54. The van der Waals surface area contributed by atoms with E-state index in [-0.39, 0.29) is 41.3 Å². The molecule has 0 bridgehead atoms. The molecule has 1 atom stereocenters. The van der Waals surface area contributed by atoms with Gasteiger partial charge in [-0.1, -0.05) is 57.6 Å². The van der Waals surface area contributed by atoms with Crippen LogP contribution >= 0.6 is 0 Å². The van der Waals surface area contributed by atoms with Crippen molar-refractivity contribution < 1.29 is 46.4 Å². The van der Waals surface area contributed by atoms with Crippen molar-refractivity contribution in [2.45, 2.75) is 51.9 Å². The summed E-state index contributed by atoms with van der Waals surface area (Å²) in [5.41, 5.74) is 6.73. The van der Waals surface area contributed by atoms with Crippen molar-refractivity contribution in [3.8, 4) is 5.75 Å². The molecule has 1 N–H and O–H groups in total. The molecule has 1 aromatic carbocycles. The van der Waals surface area contributed by atoms with Crippen LogP contribution in [0, 0.1) is 52.6 Å². The first-order valence-electron chi connectivity index (χ1n) is 7.58. The first kappa shape index (κ1) is 14.9. The maximum atomic E-state index is 9.65. The van der Waals surface area contributed by atoms with Gasteiger partial charge in [0.2, 0.25) is 0 Å². The van der Waals surface area contributed by atoms with Crippen molar-refractivity contribution in [1.29, 1.82) is 0 Å². The molecule has 3 aliphatic carbocycles. The van der Waals surface area contributed by atoms with Gasteiger partial charge < -0.3 is 5.11 Å². The summed E-state index contributed by atoms with van der Waals surface area (Å²) in [7, 11) is 0. The quantitative estimate of drug-likeness (QED) is 0.641. The topological polar surface area (TPSA) is 20.2 Å². The third-order valence-electron chi connectivity index (χ3n) is 5.60. The molecule has 0 heterocycles. The summed E-state index contributed by atoms with van der Waals surface area (Å²) in [6, 6.07) is 5.95. The largest absolute Gasteiger partial charge is 0.510 e. The molecule has 0 spiro atoms. The molecule has 2 heteroatoms. The van der Waals surface area contributed by atoms with Crippen molar-refractivity contribution in [1.82, 2.24) is 0 Å². The van der Waals surface area contributed by atoms with Crippen LogP contribution in [-0.4, -0.2) is 5.11 Å². The third kappa shape index (κ3) is 2.16. The molecule has 103 valence electrons. The Hall–Kier alpha value is -0.00636. The van der Waals surface area contributed by atoms with E-state index in [1.54, 1.807) is 17.1 Å². The molecule has 1 aromatic rings. The normalized spacial score (nSPS) is 27.6. The van der Waals surface area contributed by atoms with E-state index < -0.39 is 0 Å². The minimum Gasteiger partial charge on any atom is -0.510 e. The third-order valence-corrected chi connectivity index (χ3v) is 5.60. The van der Waals surface area contributed by atoms with Crippen LogP contribution in [0.15, 0.2) is 29.3 Å². The van der Waals surface area contributed by atoms with E-state index in [4.69, 9.17) is 0 Å². The van der Waals surface area contributed by atoms with Crippen molar-refractivity contribution in [3.05, 3.63) is 46.4 Å². The molecule has 1 nitrogen and oxygen atoms in total. The minimum absolute atomic E-state index is 0. The van der Waals surface area contributed by atoms with Gasteiger partial charge in [0.05, 0.1) is 5.75 Å². The van der Waals surface area contributed by atoms with Crippen LogP contribution in [-0.2, 0) is 6.42 Å². The van der Waals surface area contributed by atoms with Gasteiger partial charge in [-0.05, 0) is 11.8 Å². The summed E-state index contributed by atoms with van der Waals surface area (Å²) in [5.74, 6) is 2.01. The average Bonchev–Trinajstić information content (AvgIpc) is 2.79. The number of allylic oxidation sites excluding steroid dienone is 2. The molecule has 1 radical (unpaired) electrons. The number of aromatic hydroxyl groups is 1. The van der Waals surface area contributed by atoms with E-state index in [9.17, 15) is 5.11 Å². The van der Waals surface area contributed by atoms with Gasteiger partial charge in [0.15, 0.2) is 0 Å². The van der Waals surface area contributed by atoms with Crippen LogP contribution in [0.4, 0.5) is 0 Å². The second kappa shape index (κ2) is 5.32. The number of hydrogen-bond donors (Lipinski definition) is 1. The van der Waals surface area contributed by atoms with Gasteiger partial charge in [-0.15, -0.1) is 34.3 Å². The molecular formula is C18H21OPr-. The predicted molar refractivity (Wildman–Crippen MR) is 77.0 cm³/mol. The smallest absolute Gasteiger partial charge is 0.0971 e. The molecule has 0 aliphatic heterocycles. The second-order valence-electron chi connectivity index (χ2n) is 6.69. The molecular weight excluding hydrogens is 373 g/mol. The average molecular weight is 394 g/mol. The molecule has 3 aliphatic rings. The molecule has 20 heavy (non-hydrogen) atoms. The molecule has 4 rings (SSSR count). The summed E-state index contributed by atoms with van der Waals surface area (Å²) in [6.07, 6.45) is 8.93. The number of phenols is 1. The molecule has 1 fully saturated rings. The monoisotopic (exact) mass is 394 g/mol. The molecule has 0 saturated heterocycles. The molecule has 1 unspecified atom stereocenters. The fraction of sp³-hybridized carbons (Fsp3) is 0.500. The van der Waals surface area contributed by atoms with Gasteiger partial charge in [0.25, 0.3) is 0 Å². The summed E-state index contributed by atoms with van der Waals surface area (Å²) in [4.78, 5) is 0. The van der Waals surface area contributed by atoms with Gasteiger partial charge in [0, 0.05) is 41.3 Å². The zero-order valence-corrected chi connectivity index (χ0v) is 15.9. The first-order valence-corrected chi connectivity index (χ1v) is 7.58. The molecule has 1 saturated carbocycles. The zero-order valence-electron chi connectivity index (χ0n) is 12.2. The van der Waals surface area contributed by atoms with E-state index in [1.165, 1.54) is 49.7 Å². The number of rotatable bonds is 0. The van der Waals surface area contributed by atoms with Crippen molar-refractivity contribution in [3.63, 3.8) is 0 Å². The van der Waals surface area contributed by atoms with E-state index in [2.05, 4.69) is 13.0 Å². The second-order valence-corrected chi connectivity index (χ2v) is 6.69. The van der Waals surface area contributed by atoms with E-state index in [1.807, 2.05) is 12.1 Å². The van der Waals surface area contributed by atoms with Crippen LogP contribution in [0.25, 0.3) is 0 Å². The SMILES string of the molecule is CC12CCCC1=C1CCc3cc(O)ccc3[C-]1CC2.[Pr]. The van der Waals surface area contributed by atoms with Crippen molar-refractivity contribution in [2.24, 2.45) is 5.41 Å².